The van der Waals surface area contributed by atoms with Gasteiger partial charge in [-0.25, -0.2) is 8.78 Å². The number of nitrogens with one attached hydrogen (secondary N) is 3. The first-order chi connectivity index (χ1) is 17.8. The maximum atomic E-state index is 14.1. The molecule has 1 aromatic heterocycles. The highest BCUT2D eigenvalue weighted by Crippen LogP contribution is 2.32. The van der Waals surface area contributed by atoms with Gasteiger partial charge >= 0.3 is 5.92 Å². The third-order valence-corrected chi connectivity index (χ3v) is 5.76. The first-order valence-electron chi connectivity index (χ1n) is 11.7. The molecule has 0 saturated heterocycles. The predicted octanol–water partition coefficient (Wildman–Crippen LogP) is 5.32. The van der Waals surface area contributed by atoms with Gasteiger partial charge in [-0.3, -0.25) is 9.59 Å². The summed E-state index contributed by atoms with van der Waals surface area (Å²) in [7, 11) is 1.59. The molecule has 0 aliphatic rings. The van der Waals surface area contributed by atoms with Crippen LogP contribution in [0.25, 0.3) is 0 Å². The molecule has 3 N–H and O–H groups in total. The Kier molecular flexibility index (Phi) is 8.60. The largest absolute Gasteiger partial charge is 0.484 e. The number of alkyl halides is 2. The van der Waals surface area contributed by atoms with Gasteiger partial charge in [0.25, 0.3) is 5.91 Å². The van der Waals surface area contributed by atoms with Crippen molar-refractivity contribution < 1.29 is 27.1 Å². The first-order valence-corrected chi connectivity index (χ1v) is 11.7. The fraction of sp³-hybridized carbons (Fsp3) is 0.296. The smallest absolute Gasteiger partial charge is 0.321 e. The van der Waals surface area contributed by atoms with Crippen molar-refractivity contribution in [3.8, 4) is 5.75 Å². The van der Waals surface area contributed by atoms with E-state index in [2.05, 4.69) is 10.6 Å². The lowest BCUT2D eigenvalue weighted by atomic mass is 9.92. The molecule has 11 heteroatoms. The number of hydrogen-bond acceptors (Lipinski definition) is 5. The van der Waals surface area contributed by atoms with Gasteiger partial charge in [0.2, 0.25) is 5.56 Å². The highest BCUT2D eigenvalue weighted by atomic mass is 19.3. The van der Waals surface area contributed by atoms with E-state index in [0.717, 1.165) is 18.3 Å². The van der Waals surface area contributed by atoms with E-state index in [1.807, 2.05) is 0 Å². The number of benzene rings is 2. The Morgan fingerprint density at radius 3 is 2.29 bits per heavy atom. The highest BCUT2D eigenvalue weighted by Gasteiger charge is 2.38. The molecule has 3 rings (SSSR count). The van der Waals surface area contributed by atoms with Crippen LogP contribution >= 0.6 is 0 Å². The molecule has 7 nitrogen and oxygen atoms in total. The van der Waals surface area contributed by atoms with Crippen molar-refractivity contribution in [3.63, 3.8) is 0 Å². The summed E-state index contributed by atoms with van der Waals surface area (Å²) in [6.07, 6.45) is 1.37. The Bertz CT molecular complexity index is 1370. The lowest BCUT2D eigenvalue weighted by Crippen LogP contribution is -2.49. The number of pyridine rings is 1. The lowest BCUT2D eigenvalue weighted by molar-refractivity contribution is -0.145. The standard InChI is InChI=1S/C27H28F4N4O3/c1-15(2)24(34-26(37)27(3,30)31)25(16-9-18(28)12-19(29)10-16)38-21-6-7-22(17(11-21)13-32)33-20-5-8-23(36)35(4)14-20/h5-15,24-25,32-33H,1-4H3,(H,34,37)/t24-,25+/m0/s1. The number of rotatable bonds is 10. The third kappa shape index (κ3) is 6.99. The Hall–Kier alpha value is -4.15. The second-order valence-electron chi connectivity index (χ2n) is 9.26. The second kappa shape index (κ2) is 11.5. The Morgan fingerprint density at radius 2 is 1.74 bits per heavy atom. The molecule has 38 heavy (non-hydrogen) atoms. The number of amides is 1. The average Bonchev–Trinajstić information content (AvgIpc) is 2.82. The maximum absolute atomic E-state index is 14.1. The molecular formula is C27H28F4N4O3. The Morgan fingerprint density at radius 1 is 1.08 bits per heavy atom. The number of anilines is 2. The van der Waals surface area contributed by atoms with Crippen LogP contribution < -0.4 is 20.9 Å². The highest BCUT2D eigenvalue weighted by molar-refractivity contribution is 5.88. The molecule has 0 aliphatic heterocycles. The molecular weight excluding hydrogens is 504 g/mol. The molecule has 1 amide bonds. The minimum atomic E-state index is -3.69. The quantitative estimate of drug-likeness (QED) is 0.243. The van der Waals surface area contributed by atoms with Crippen molar-refractivity contribution in [1.82, 2.24) is 9.88 Å². The van der Waals surface area contributed by atoms with Gasteiger partial charge in [-0.1, -0.05) is 13.8 Å². The van der Waals surface area contributed by atoms with E-state index in [4.69, 9.17) is 10.1 Å². The van der Waals surface area contributed by atoms with Crippen molar-refractivity contribution in [2.75, 3.05) is 5.32 Å². The summed E-state index contributed by atoms with van der Waals surface area (Å²) < 4.78 is 63.1. The predicted molar refractivity (Wildman–Crippen MR) is 136 cm³/mol. The van der Waals surface area contributed by atoms with E-state index in [-0.39, 0.29) is 16.9 Å². The van der Waals surface area contributed by atoms with Gasteiger partial charge in [0, 0.05) is 55.3 Å². The van der Waals surface area contributed by atoms with Crippen LogP contribution in [-0.2, 0) is 11.8 Å². The molecule has 3 aromatic rings. The average molecular weight is 533 g/mol. The zero-order chi connectivity index (χ0) is 28.2. The summed E-state index contributed by atoms with van der Waals surface area (Å²) in [5, 5.41) is 13.2. The fourth-order valence-corrected chi connectivity index (χ4v) is 3.78. The van der Waals surface area contributed by atoms with E-state index in [1.165, 1.54) is 22.8 Å². The molecule has 0 saturated carbocycles. The second-order valence-corrected chi connectivity index (χ2v) is 9.26. The molecule has 0 fully saturated rings. The van der Waals surface area contributed by atoms with Crippen LogP contribution in [-0.4, -0.2) is 28.7 Å². The molecule has 0 radical (unpaired) electrons. The normalized spacial score (nSPS) is 13.1. The molecule has 0 spiro atoms. The molecule has 202 valence electrons. The topological polar surface area (TPSA) is 96.2 Å². The van der Waals surface area contributed by atoms with Gasteiger partial charge in [-0.15, -0.1) is 0 Å². The van der Waals surface area contributed by atoms with Crippen LogP contribution in [0.2, 0.25) is 0 Å². The van der Waals surface area contributed by atoms with Crippen LogP contribution in [0.5, 0.6) is 5.75 Å². The number of aromatic nitrogens is 1. The summed E-state index contributed by atoms with van der Waals surface area (Å²) >= 11 is 0. The van der Waals surface area contributed by atoms with Crippen molar-refractivity contribution >= 4 is 23.5 Å². The van der Waals surface area contributed by atoms with Crippen LogP contribution in [0.3, 0.4) is 0 Å². The number of ether oxygens (including phenoxy) is 1. The van der Waals surface area contributed by atoms with E-state index in [9.17, 15) is 27.2 Å². The third-order valence-electron chi connectivity index (χ3n) is 5.76. The van der Waals surface area contributed by atoms with Gasteiger partial charge in [-0.2, -0.15) is 8.78 Å². The fourth-order valence-electron chi connectivity index (χ4n) is 3.78. The molecule has 0 aliphatic carbocycles. The Labute approximate surface area is 217 Å². The van der Waals surface area contributed by atoms with Gasteiger partial charge in [0.05, 0.1) is 11.7 Å². The van der Waals surface area contributed by atoms with Crippen LogP contribution in [0.1, 0.15) is 38.0 Å². The summed E-state index contributed by atoms with van der Waals surface area (Å²) in [6.45, 7) is 3.74. The number of aryl methyl sites for hydroxylation is 1. The molecule has 2 atom stereocenters. The minimum absolute atomic E-state index is 0.00951. The molecule has 0 bridgehead atoms. The van der Waals surface area contributed by atoms with Crippen molar-refractivity contribution in [2.45, 2.75) is 38.8 Å². The Balaban J connectivity index is 2.00. The van der Waals surface area contributed by atoms with Crippen LogP contribution in [0, 0.1) is 23.0 Å². The van der Waals surface area contributed by atoms with Crippen LogP contribution in [0.4, 0.5) is 28.9 Å². The summed E-state index contributed by atoms with van der Waals surface area (Å²) in [6, 6.07) is 9.13. The zero-order valence-electron chi connectivity index (χ0n) is 21.2. The number of nitrogens with zero attached hydrogens (tertiary/aromatic N) is 1. The minimum Gasteiger partial charge on any atom is -0.484 e. The van der Waals surface area contributed by atoms with E-state index in [0.29, 0.717) is 29.9 Å². The van der Waals surface area contributed by atoms with Gasteiger partial charge in [0.15, 0.2) is 0 Å². The van der Waals surface area contributed by atoms with E-state index < -0.39 is 41.5 Å². The summed E-state index contributed by atoms with van der Waals surface area (Å²) in [5.41, 5.74) is 1.24. The number of carbonyl (C=O) groups excluding carboxylic acids is 1. The first kappa shape index (κ1) is 28.4. The summed E-state index contributed by atoms with van der Waals surface area (Å²) in [5.74, 6) is -7.37. The zero-order valence-corrected chi connectivity index (χ0v) is 21.2. The number of carbonyl (C=O) groups is 1. The molecule has 0 unspecified atom stereocenters. The van der Waals surface area contributed by atoms with E-state index in [1.54, 1.807) is 39.2 Å². The van der Waals surface area contributed by atoms with Crippen LogP contribution in [0.15, 0.2) is 59.5 Å². The monoisotopic (exact) mass is 532 g/mol. The van der Waals surface area contributed by atoms with Crippen molar-refractivity contribution in [1.29, 1.82) is 5.41 Å². The molecule has 2 aromatic carbocycles. The van der Waals surface area contributed by atoms with Gasteiger partial charge < -0.3 is 25.3 Å². The molecule has 1 heterocycles. The van der Waals surface area contributed by atoms with E-state index >= 15 is 0 Å². The van der Waals surface area contributed by atoms with Gasteiger partial charge in [0.1, 0.15) is 23.5 Å². The maximum Gasteiger partial charge on any atom is 0.321 e. The SMILES string of the molecule is CC(C)[C@H](NC(=O)C(C)(F)F)[C@H](Oc1ccc(Nc2ccc(=O)n(C)c2)c(C=N)c1)c1cc(F)cc(F)c1. The lowest BCUT2D eigenvalue weighted by Gasteiger charge is -2.32. The van der Waals surface area contributed by atoms with Gasteiger partial charge in [-0.05, 0) is 42.3 Å². The van der Waals surface area contributed by atoms with Crippen molar-refractivity contribution in [2.24, 2.45) is 13.0 Å². The van der Waals surface area contributed by atoms with Crippen molar-refractivity contribution in [3.05, 3.63) is 87.8 Å². The summed E-state index contributed by atoms with van der Waals surface area (Å²) in [4.78, 5) is 23.8. The number of halogens is 4. The number of hydrogen-bond donors (Lipinski definition) is 3.